The third kappa shape index (κ3) is 3.19. The lowest BCUT2D eigenvalue weighted by atomic mass is 10.1. The van der Waals surface area contributed by atoms with Gasteiger partial charge in [-0.3, -0.25) is 0 Å². The molecule has 3 nitrogen and oxygen atoms in total. The van der Waals surface area contributed by atoms with Crippen molar-refractivity contribution in [1.82, 2.24) is 0 Å². The third-order valence-corrected chi connectivity index (χ3v) is 4.87. The summed E-state index contributed by atoms with van der Waals surface area (Å²) in [5.74, 6) is -0.834. The fraction of sp³-hybridized carbons (Fsp3) is 0.188. The first-order chi connectivity index (χ1) is 10.1. The summed E-state index contributed by atoms with van der Waals surface area (Å²) in [4.78, 5) is 14.9. The molecule has 0 unspecified atom stereocenters. The summed E-state index contributed by atoms with van der Waals surface area (Å²) in [6.07, 6.45) is 2.34. The van der Waals surface area contributed by atoms with Gasteiger partial charge in [0.15, 0.2) is 0 Å². The lowest BCUT2D eigenvalue weighted by molar-refractivity contribution is -0.132. The fourth-order valence-electron chi connectivity index (χ4n) is 2.49. The van der Waals surface area contributed by atoms with Crippen molar-refractivity contribution in [3.05, 3.63) is 56.2 Å². The number of carbonyl (C=O) groups is 1. The molecule has 21 heavy (non-hydrogen) atoms. The van der Waals surface area contributed by atoms with E-state index >= 15 is 0 Å². The lowest BCUT2D eigenvalue weighted by Crippen LogP contribution is -2.23. The molecule has 0 amide bonds. The largest absolute Gasteiger partial charge is 0.478 e. The van der Waals surface area contributed by atoms with E-state index in [0.29, 0.717) is 18.5 Å². The van der Waals surface area contributed by atoms with E-state index in [4.69, 9.17) is 0 Å². The molecule has 0 atom stereocenters. The van der Waals surface area contributed by atoms with Crippen LogP contribution in [0.1, 0.15) is 16.9 Å². The molecule has 0 fully saturated rings. The molecular formula is C16H14BrNO2S. The average Bonchev–Trinajstić information content (AvgIpc) is 2.88. The van der Waals surface area contributed by atoms with Gasteiger partial charge < -0.3 is 10.0 Å². The Kier molecular flexibility index (Phi) is 4.12. The van der Waals surface area contributed by atoms with E-state index in [-0.39, 0.29) is 0 Å². The Hall–Kier alpha value is -1.59. The van der Waals surface area contributed by atoms with Crippen LogP contribution in [0, 0.1) is 0 Å². The van der Waals surface area contributed by atoms with Crippen LogP contribution in [0.15, 0.2) is 45.8 Å². The molecule has 108 valence electrons. The highest BCUT2D eigenvalue weighted by molar-refractivity contribution is 9.10. The van der Waals surface area contributed by atoms with E-state index in [2.05, 4.69) is 32.3 Å². The van der Waals surface area contributed by atoms with Gasteiger partial charge in [0.25, 0.3) is 0 Å². The number of hydrogen-bond acceptors (Lipinski definition) is 3. The van der Waals surface area contributed by atoms with E-state index in [1.165, 1.54) is 4.88 Å². The summed E-state index contributed by atoms with van der Waals surface area (Å²) in [5, 5.41) is 11.4. The van der Waals surface area contributed by atoms with Gasteiger partial charge in [-0.15, -0.1) is 11.3 Å². The highest BCUT2D eigenvalue weighted by Gasteiger charge is 2.19. The minimum atomic E-state index is -0.834. The number of fused-ring (bicyclic) bond motifs is 1. The first-order valence-corrected chi connectivity index (χ1v) is 8.31. The summed E-state index contributed by atoms with van der Waals surface area (Å²) in [6.45, 7) is 1.53. The highest BCUT2D eigenvalue weighted by atomic mass is 79.9. The van der Waals surface area contributed by atoms with Gasteiger partial charge in [0.05, 0.1) is 6.54 Å². The summed E-state index contributed by atoms with van der Waals surface area (Å²) < 4.78 is 0.959. The molecule has 5 heteroatoms. The van der Waals surface area contributed by atoms with Gasteiger partial charge in [-0.05, 0) is 47.7 Å². The number of benzene rings is 1. The van der Waals surface area contributed by atoms with Gasteiger partial charge in [-0.2, -0.15) is 0 Å². The van der Waals surface area contributed by atoms with E-state index in [9.17, 15) is 9.90 Å². The maximum Gasteiger partial charge on any atom is 0.331 e. The molecule has 0 aliphatic carbocycles. The zero-order chi connectivity index (χ0) is 14.8. The molecule has 3 rings (SSSR count). The van der Waals surface area contributed by atoms with Crippen LogP contribution in [0.2, 0.25) is 0 Å². The Bertz CT molecular complexity index is 694. The Labute approximate surface area is 135 Å². The predicted octanol–water partition coefficient (Wildman–Crippen LogP) is 4.39. The van der Waals surface area contributed by atoms with Crippen LogP contribution in [0.3, 0.4) is 0 Å². The van der Waals surface area contributed by atoms with Crippen LogP contribution >= 0.6 is 27.3 Å². The van der Waals surface area contributed by atoms with Crippen LogP contribution in [-0.4, -0.2) is 17.6 Å². The van der Waals surface area contributed by atoms with Gasteiger partial charge >= 0.3 is 5.97 Å². The average molecular weight is 364 g/mol. The van der Waals surface area contributed by atoms with Crippen LogP contribution in [0.5, 0.6) is 0 Å². The topological polar surface area (TPSA) is 40.5 Å². The van der Waals surface area contributed by atoms with E-state index in [1.807, 2.05) is 24.3 Å². The second kappa shape index (κ2) is 6.03. The highest BCUT2D eigenvalue weighted by Crippen LogP contribution is 2.32. The van der Waals surface area contributed by atoms with E-state index in [1.54, 1.807) is 17.4 Å². The molecular weight excluding hydrogens is 350 g/mol. The minimum Gasteiger partial charge on any atom is -0.478 e. The number of nitrogens with zero attached hydrogens (tertiary/aromatic N) is 1. The molecule has 0 saturated heterocycles. The number of carboxylic acids is 1. The van der Waals surface area contributed by atoms with Crippen LogP contribution in [0.4, 0.5) is 5.69 Å². The van der Waals surface area contributed by atoms with Gasteiger partial charge in [-0.1, -0.05) is 22.0 Å². The molecule has 0 radical (unpaired) electrons. The smallest absolute Gasteiger partial charge is 0.331 e. The van der Waals surface area contributed by atoms with Crippen LogP contribution in [-0.2, 0) is 11.3 Å². The number of carboxylic acid groups (broad SMARTS) is 1. The van der Waals surface area contributed by atoms with Crippen molar-refractivity contribution in [3.8, 4) is 0 Å². The molecule has 2 heterocycles. The second-order valence-corrected chi connectivity index (χ2v) is 6.88. The first kappa shape index (κ1) is 14.4. The quantitative estimate of drug-likeness (QED) is 0.878. The van der Waals surface area contributed by atoms with Gasteiger partial charge in [0, 0.05) is 27.2 Å². The lowest BCUT2D eigenvalue weighted by Gasteiger charge is -2.24. The molecule has 0 spiro atoms. The van der Waals surface area contributed by atoms with Crippen molar-refractivity contribution in [2.75, 3.05) is 11.4 Å². The molecule has 0 bridgehead atoms. The summed E-state index contributed by atoms with van der Waals surface area (Å²) in [6, 6.07) is 10.2. The monoisotopic (exact) mass is 363 g/mol. The van der Waals surface area contributed by atoms with Crippen molar-refractivity contribution in [2.45, 2.75) is 13.0 Å². The summed E-state index contributed by atoms with van der Waals surface area (Å²) >= 11 is 5.18. The number of rotatable bonds is 3. The molecule has 1 aromatic heterocycles. The third-order valence-electron chi connectivity index (χ3n) is 3.51. The van der Waals surface area contributed by atoms with Crippen molar-refractivity contribution in [1.29, 1.82) is 0 Å². The number of anilines is 1. The molecule has 1 N–H and O–H groups in total. The fourth-order valence-corrected chi connectivity index (χ4v) is 3.59. The standard InChI is InChI=1S/C16H14BrNO2S/c17-13-3-4-15-12(9-13)8-11(16(19)20)5-6-18(15)10-14-2-1-7-21-14/h1-4,7-9H,5-6,10H2,(H,19,20). The second-order valence-electron chi connectivity index (χ2n) is 4.93. The molecule has 1 aromatic carbocycles. The zero-order valence-corrected chi connectivity index (χ0v) is 13.7. The molecule has 0 saturated carbocycles. The van der Waals surface area contributed by atoms with Crippen LogP contribution in [0.25, 0.3) is 6.08 Å². The SMILES string of the molecule is O=C(O)C1=Cc2cc(Br)ccc2N(Cc2cccs2)CC1. The predicted molar refractivity (Wildman–Crippen MR) is 89.7 cm³/mol. The number of hydrogen-bond donors (Lipinski definition) is 1. The van der Waals surface area contributed by atoms with Crippen molar-refractivity contribution < 1.29 is 9.90 Å². The zero-order valence-electron chi connectivity index (χ0n) is 11.3. The van der Waals surface area contributed by atoms with E-state index in [0.717, 1.165) is 22.3 Å². The van der Waals surface area contributed by atoms with Gasteiger partial charge in [0.1, 0.15) is 0 Å². The number of halogens is 1. The number of thiophene rings is 1. The molecule has 1 aliphatic heterocycles. The Balaban J connectivity index is 1.99. The van der Waals surface area contributed by atoms with Gasteiger partial charge in [-0.25, -0.2) is 4.79 Å². The van der Waals surface area contributed by atoms with Crippen LogP contribution < -0.4 is 4.90 Å². The first-order valence-electron chi connectivity index (χ1n) is 6.64. The minimum absolute atomic E-state index is 0.461. The molecule has 1 aliphatic rings. The maximum atomic E-state index is 11.3. The summed E-state index contributed by atoms with van der Waals surface area (Å²) in [7, 11) is 0. The van der Waals surface area contributed by atoms with Gasteiger partial charge in [0.2, 0.25) is 0 Å². The van der Waals surface area contributed by atoms with Crippen molar-refractivity contribution in [2.24, 2.45) is 0 Å². The summed E-state index contributed by atoms with van der Waals surface area (Å²) in [5.41, 5.74) is 2.50. The van der Waals surface area contributed by atoms with Crippen molar-refractivity contribution in [3.63, 3.8) is 0 Å². The Morgan fingerprint density at radius 1 is 1.38 bits per heavy atom. The maximum absolute atomic E-state index is 11.3. The van der Waals surface area contributed by atoms with Crippen molar-refractivity contribution >= 4 is 45.0 Å². The normalized spacial score (nSPS) is 14.3. The Morgan fingerprint density at radius 2 is 2.24 bits per heavy atom. The Morgan fingerprint density at radius 3 is 2.95 bits per heavy atom. The number of aliphatic carboxylic acids is 1. The van der Waals surface area contributed by atoms with E-state index < -0.39 is 5.97 Å². The molecule has 2 aromatic rings.